The van der Waals surface area contributed by atoms with Gasteiger partial charge in [-0.2, -0.15) is 0 Å². The molecule has 0 radical (unpaired) electrons. The van der Waals surface area contributed by atoms with E-state index in [4.69, 9.17) is 4.74 Å². The average Bonchev–Trinajstić information content (AvgIpc) is 2.90. The van der Waals surface area contributed by atoms with Crippen LogP contribution in [0.15, 0.2) is 83.7 Å². The predicted octanol–water partition coefficient (Wildman–Crippen LogP) is 3.85. The summed E-state index contributed by atoms with van der Waals surface area (Å²) < 4.78 is 6.54. The van der Waals surface area contributed by atoms with Gasteiger partial charge >= 0.3 is 0 Å². The molecule has 176 valence electrons. The molecule has 2 amide bonds. The molecule has 5 rings (SSSR count). The molecule has 7 heteroatoms. The average molecular weight is 468 g/mol. The first-order valence-electron chi connectivity index (χ1n) is 11.5. The Labute approximate surface area is 202 Å². The van der Waals surface area contributed by atoms with Gasteiger partial charge in [-0.25, -0.2) is 0 Å². The van der Waals surface area contributed by atoms with Gasteiger partial charge in [0.1, 0.15) is 12.3 Å². The number of hydrogen-bond donors (Lipinski definition) is 1. The monoisotopic (exact) mass is 467 g/mol. The molecule has 2 heterocycles. The summed E-state index contributed by atoms with van der Waals surface area (Å²) in [6.45, 7) is 0.936. The van der Waals surface area contributed by atoms with Crippen LogP contribution in [-0.4, -0.2) is 34.9 Å². The van der Waals surface area contributed by atoms with Crippen molar-refractivity contribution in [3.05, 3.63) is 106 Å². The van der Waals surface area contributed by atoms with Gasteiger partial charge in [0.2, 0.25) is 5.91 Å². The molecular formula is C28H25N3O4. The van der Waals surface area contributed by atoms with Crippen molar-refractivity contribution in [3.63, 3.8) is 0 Å². The number of carbonyl (C=O) groups excluding carboxylic acids is 2. The minimum absolute atomic E-state index is 0.170. The van der Waals surface area contributed by atoms with E-state index in [1.807, 2.05) is 30.3 Å². The number of aromatic nitrogens is 1. The van der Waals surface area contributed by atoms with E-state index < -0.39 is 5.56 Å². The van der Waals surface area contributed by atoms with Crippen LogP contribution < -0.4 is 15.6 Å². The Morgan fingerprint density at radius 3 is 2.43 bits per heavy atom. The summed E-state index contributed by atoms with van der Waals surface area (Å²) in [4.78, 5) is 41.1. The fourth-order valence-electron chi connectivity index (χ4n) is 4.53. The number of rotatable bonds is 5. The SMILES string of the molecule is COc1ccc(NC(=O)Cn2c(=O)cc(C(=O)N3CCc4ccccc4C3)c3ccccc32)cc1. The van der Waals surface area contributed by atoms with Crippen LogP contribution in [0.2, 0.25) is 0 Å². The van der Waals surface area contributed by atoms with E-state index in [-0.39, 0.29) is 18.4 Å². The standard InChI is InChI=1S/C28H25N3O4/c1-35-22-12-10-21(11-13-22)29-26(32)18-31-25-9-5-4-8-23(25)24(16-27(31)33)28(34)30-15-14-19-6-2-3-7-20(19)17-30/h2-13,16H,14-15,17-18H2,1H3,(H,29,32). The van der Waals surface area contributed by atoms with Crippen LogP contribution in [0.25, 0.3) is 10.9 Å². The number of fused-ring (bicyclic) bond motifs is 2. The Balaban J connectivity index is 1.42. The zero-order chi connectivity index (χ0) is 24.4. The summed E-state index contributed by atoms with van der Waals surface area (Å²) in [6, 6.07) is 23.6. The summed E-state index contributed by atoms with van der Waals surface area (Å²) in [5.74, 6) is 0.166. The maximum atomic E-state index is 13.5. The molecule has 0 spiro atoms. The van der Waals surface area contributed by atoms with Crippen molar-refractivity contribution in [2.45, 2.75) is 19.5 Å². The number of para-hydroxylation sites is 1. The lowest BCUT2D eigenvalue weighted by Gasteiger charge is -2.29. The molecule has 1 aromatic heterocycles. The first kappa shape index (κ1) is 22.4. The lowest BCUT2D eigenvalue weighted by molar-refractivity contribution is -0.116. The van der Waals surface area contributed by atoms with Crippen molar-refractivity contribution in [2.75, 3.05) is 19.0 Å². The number of nitrogens with one attached hydrogen (secondary N) is 1. The summed E-state index contributed by atoms with van der Waals surface area (Å²) in [5.41, 5.74) is 3.49. The van der Waals surface area contributed by atoms with Gasteiger partial charge in [-0.1, -0.05) is 42.5 Å². The maximum Gasteiger partial charge on any atom is 0.255 e. The molecule has 35 heavy (non-hydrogen) atoms. The van der Waals surface area contributed by atoms with Crippen molar-refractivity contribution in [3.8, 4) is 5.75 Å². The number of ether oxygens (including phenoxy) is 1. The first-order chi connectivity index (χ1) is 17.0. The van der Waals surface area contributed by atoms with Gasteiger partial charge in [0.05, 0.1) is 18.2 Å². The van der Waals surface area contributed by atoms with Crippen LogP contribution in [0.4, 0.5) is 5.69 Å². The van der Waals surface area contributed by atoms with Gasteiger partial charge in [0.25, 0.3) is 11.5 Å². The molecule has 1 aliphatic rings. The number of hydrogen-bond acceptors (Lipinski definition) is 4. The molecule has 7 nitrogen and oxygen atoms in total. The molecule has 0 atom stereocenters. The molecule has 3 aromatic carbocycles. The maximum absolute atomic E-state index is 13.5. The molecule has 0 saturated carbocycles. The number of nitrogens with zero attached hydrogens (tertiary/aromatic N) is 2. The van der Waals surface area contributed by atoms with Crippen molar-refractivity contribution < 1.29 is 14.3 Å². The second-order valence-electron chi connectivity index (χ2n) is 8.52. The third-order valence-corrected chi connectivity index (χ3v) is 6.34. The Morgan fingerprint density at radius 1 is 0.943 bits per heavy atom. The Bertz CT molecular complexity index is 1470. The third-order valence-electron chi connectivity index (χ3n) is 6.34. The fourth-order valence-corrected chi connectivity index (χ4v) is 4.53. The molecule has 1 aliphatic heterocycles. The normalized spacial score (nSPS) is 12.8. The van der Waals surface area contributed by atoms with E-state index in [0.29, 0.717) is 41.0 Å². The number of pyridine rings is 1. The van der Waals surface area contributed by atoms with Crippen molar-refractivity contribution in [2.24, 2.45) is 0 Å². The van der Waals surface area contributed by atoms with Gasteiger partial charge in [-0.3, -0.25) is 19.0 Å². The fraction of sp³-hybridized carbons (Fsp3) is 0.179. The highest BCUT2D eigenvalue weighted by molar-refractivity contribution is 6.06. The van der Waals surface area contributed by atoms with Crippen molar-refractivity contribution >= 4 is 28.4 Å². The van der Waals surface area contributed by atoms with Crippen molar-refractivity contribution in [1.29, 1.82) is 0 Å². The Morgan fingerprint density at radius 2 is 1.66 bits per heavy atom. The smallest absolute Gasteiger partial charge is 0.255 e. The summed E-state index contributed by atoms with van der Waals surface area (Å²) in [7, 11) is 1.57. The largest absolute Gasteiger partial charge is 0.497 e. The molecule has 0 aliphatic carbocycles. The van der Waals surface area contributed by atoms with Gasteiger partial charge < -0.3 is 15.0 Å². The molecular weight excluding hydrogens is 442 g/mol. The topological polar surface area (TPSA) is 80.6 Å². The molecule has 0 bridgehead atoms. The number of benzene rings is 3. The highest BCUT2D eigenvalue weighted by Gasteiger charge is 2.24. The second-order valence-corrected chi connectivity index (χ2v) is 8.52. The summed E-state index contributed by atoms with van der Waals surface area (Å²) >= 11 is 0. The van der Waals surface area contributed by atoms with Crippen LogP contribution in [0, 0.1) is 0 Å². The number of methoxy groups -OCH3 is 1. The first-order valence-corrected chi connectivity index (χ1v) is 11.5. The van der Waals surface area contributed by atoms with E-state index in [0.717, 1.165) is 12.0 Å². The number of amides is 2. The molecule has 0 fully saturated rings. The quantitative estimate of drug-likeness (QED) is 0.484. The molecule has 1 N–H and O–H groups in total. The lowest BCUT2D eigenvalue weighted by Crippen LogP contribution is -2.37. The van der Waals surface area contributed by atoms with Gasteiger partial charge in [-0.15, -0.1) is 0 Å². The highest BCUT2D eigenvalue weighted by atomic mass is 16.5. The second kappa shape index (κ2) is 9.46. The van der Waals surface area contributed by atoms with Gasteiger partial charge in [0, 0.05) is 30.2 Å². The van der Waals surface area contributed by atoms with E-state index in [1.165, 1.54) is 16.2 Å². The molecule has 4 aromatic rings. The van der Waals surface area contributed by atoms with E-state index in [1.54, 1.807) is 48.4 Å². The van der Waals surface area contributed by atoms with Gasteiger partial charge in [-0.05, 0) is 47.9 Å². The summed E-state index contributed by atoms with van der Waals surface area (Å²) in [5, 5.41) is 3.45. The predicted molar refractivity (Wildman–Crippen MR) is 135 cm³/mol. The van der Waals surface area contributed by atoms with E-state index in [2.05, 4.69) is 11.4 Å². The minimum Gasteiger partial charge on any atom is -0.497 e. The third kappa shape index (κ3) is 4.53. The molecule has 0 saturated heterocycles. The van der Waals surface area contributed by atoms with Crippen LogP contribution in [0.5, 0.6) is 5.75 Å². The van der Waals surface area contributed by atoms with Crippen LogP contribution in [0.1, 0.15) is 21.5 Å². The van der Waals surface area contributed by atoms with Gasteiger partial charge in [0.15, 0.2) is 0 Å². The summed E-state index contributed by atoms with van der Waals surface area (Å²) in [6.07, 6.45) is 0.780. The van der Waals surface area contributed by atoms with Crippen LogP contribution in [-0.2, 0) is 24.3 Å². The Hall–Kier alpha value is -4.39. The molecule has 0 unspecified atom stereocenters. The highest BCUT2D eigenvalue weighted by Crippen LogP contribution is 2.24. The zero-order valence-corrected chi connectivity index (χ0v) is 19.4. The number of anilines is 1. The van der Waals surface area contributed by atoms with Crippen LogP contribution >= 0.6 is 0 Å². The minimum atomic E-state index is -0.394. The van der Waals surface area contributed by atoms with Crippen LogP contribution in [0.3, 0.4) is 0 Å². The van der Waals surface area contributed by atoms with Crippen molar-refractivity contribution in [1.82, 2.24) is 9.47 Å². The van der Waals surface area contributed by atoms with E-state index >= 15 is 0 Å². The zero-order valence-electron chi connectivity index (χ0n) is 19.4. The van der Waals surface area contributed by atoms with E-state index in [9.17, 15) is 14.4 Å². The number of carbonyl (C=O) groups is 2. The lowest BCUT2D eigenvalue weighted by atomic mass is 9.98. The Kier molecular flexibility index (Phi) is 6.06.